The first-order valence-corrected chi connectivity index (χ1v) is 4.08. The summed E-state index contributed by atoms with van der Waals surface area (Å²) in [7, 11) is 0. The molecule has 0 saturated heterocycles. The summed E-state index contributed by atoms with van der Waals surface area (Å²) in [5.41, 5.74) is 2.92. The Kier molecular flexibility index (Phi) is 2.20. The highest BCUT2D eigenvalue weighted by Crippen LogP contribution is 2.17. The Labute approximate surface area is 79.2 Å². The summed E-state index contributed by atoms with van der Waals surface area (Å²) >= 11 is 0. The van der Waals surface area contributed by atoms with Crippen LogP contribution >= 0.6 is 0 Å². The van der Waals surface area contributed by atoms with Crippen molar-refractivity contribution in [3.63, 3.8) is 0 Å². The van der Waals surface area contributed by atoms with E-state index in [0.29, 0.717) is 17.9 Å². The van der Waals surface area contributed by atoms with Crippen LogP contribution in [0.1, 0.15) is 5.56 Å². The summed E-state index contributed by atoms with van der Waals surface area (Å²) in [4.78, 5) is 15.5. The van der Waals surface area contributed by atoms with E-state index in [0.717, 1.165) is 4.57 Å². The molecule has 7 heteroatoms. The first kappa shape index (κ1) is 9.13. The molecule has 2 heterocycles. The maximum absolute atomic E-state index is 11.6. The summed E-state index contributed by atoms with van der Waals surface area (Å²) in [5.74, 6) is 0.439. The molecule has 0 atom stereocenters. The molecule has 7 nitrogen and oxygen atoms in total. The van der Waals surface area contributed by atoms with Gasteiger partial charge in [-0.2, -0.15) is 5.01 Å². The highest BCUT2D eigenvalue weighted by molar-refractivity contribution is 5.45. The summed E-state index contributed by atoms with van der Waals surface area (Å²) in [6.07, 6.45) is 1.26. The van der Waals surface area contributed by atoms with E-state index in [1.165, 1.54) is 11.3 Å². The van der Waals surface area contributed by atoms with Gasteiger partial charge in [0.1, 0.15) is 19.8 Å². The van der Waals surface area contributed by atoms with Gasteiger partial charge in [0.15, 0.2) is 5.82 Å². The van der Waals surface area contributed by atoms with Gasteiger partial charge in [-0.1, -0.05) is 0 Å². The second-order valence-electron chi connectivity index (χ2n) is 2.94. The standard InChI is InChI=1S/C7H10N4O3/c12-3-10-2-8-6-5(7(10)14)1-11(4-13)9-6/h2,9,12-13H,1,3-4H2. The monoisotopic (exact) mass is 198 g/mol. The molecule has 0 saturated carbocycles. The predicted molar refractivity (Wildman–Crippen MR) is 47.0 cm³/mol. The number of nitrogens with one attached hydrogen (secondary N) is 1. The van der Waals surface area contributed by atoms with Gasteiger partial charge >= 0.3 is 0 Å². The van der Waals surface area contributed by atoms with E-state index in [9.17, 15) is 4.79 Å². The number of nitrogens with zero attached hydrogens (tertiary/aromatic N) is 3. The van der Waals surface area contributed by atoms with Gasteiger partial charge < -0.3 is 15.6 Å². The molecule has 2 rings (SSSR count). The van der Waals surface area contributed by atoms with Crippen LogP contribution in [0.3, 0.4) is 0 Å². The third-order valence-electron chi connectivity index (χ3n) is 2.07. The lowest BCUT2D eigenvalue weighted by Crippen LogP contribution is -2.26. The highest BCUT2D eigenvalue weighted by Gasteiger charge is 2.22. The molecule has 14 heavy (non-hydrogen) atoms. The summed E-state index contributed by atoms with van der Waals surface area (Å²) in [5, 5.41) is 19.1. The second kappa shape index (κ2) is 3.37. The minimum absolute atomic E-state index is 0.199. The Bertz CT molecular complexity index is 402. The Morgan fingerprint density at radius 1 is 1.50 bits per heavy atom. The molecule has 1 aromatic heterocycles. The topological polar surface area (TPSA) is 90.6 Å². The van der Waals surface area contributed by atoms with Crippen LogP contribution in [0.5, 0.6) is 0 Å². The van der Waals surface area contributed by atoms with Crippen molar-refractivity contribution in [2.24, 2.45) is 0 Å². The molecule has 0 aliphatic carbocycles. The maximum atomic E-state index is 11.6. The maximum Gasteiger partial charge on any atom is 0.261 e. The zero-order valence-electron chi connectivity index (χ0n) is 7.34. The van der Waals surface area contributed by atoms with Crippen molar-refractivity contribution in [3.8, 4) is 0 Å². The highest BCUT2D eigenvalue weighted by atomic mass is 16.3. The van der Waals surface area contributed by atoms with E-state index in [-0.39, 0.29) is 12.3 Å². The van der Waals surface area contributed by atoms with Crippen molar-refractivity contribution in [1.82, 2.24) is 14.6 Å². The summed E-state index contributed by atoms with van der Waals surface area (Å²) in [6, 6.07) is 0. The van der Waals surface area contributed by atoms with E-state index in [1.807, 2.05) is 0 Å². The lowest BCUT2D eigenvalue weighted by Gasteiger charge is -2.09. The molecule has 0 bridgehead atoms. The van der Waals surface area contributed by atoms with Gasteiger partial charge in [-0.15, -0.1) is 0 Å². The van der Waals surface area contributed by atoms with Gasteiger partial charge in [-0.25, -0.2) is 4.98 Å². The zero-order valence-corrected chi connectivity index (χ0v) is 7.34. The second-order valence-corrected chi connectivity index (χ2v) is 2.94. The average molecular weight is 198 g/mol. The molecule has 0 radical (unpaired) electrons. The fourth-order valence-electron chi connectivity index (χ4n) is 1.34. The first-order chi connectivity index (χ1) is 6.76. The molecule has 0 aromatic carbocycles. The van der Waals surface area contributed by atoms with Crippen molar-refractivity contribution in [2.75, 3.05) is 12.2 Å². The predicted octanol–water partition coefficient (Wildman–Crippen LogP) is -1.71. The van der Waals surface area contributed by atoms with E-state index in [4.69, 9.17) is 10.2 Å². The lowest BCUT2D eigenvalue weighted by atomic mass is 10.3. The first-order valence-electron chi connectivity index (χ1n) is 4.08. The Morgan fingerprint density at radius 2 is 2.29 bits per heavy atom. The molecular weight excluding hydrogens is 188 g/mol. The molecular formula is C7H10N4O3. The number of rotatable bonds is 2. The van der Waals surface area contributed by atoms with Crippen molar-refractivity contribution in [3.05, 3.63) is 22.2 Å². The van der Waals surface area contributed by atoms with E-state index < -0.39 is 6.73 Å². The molecule has 0 spiro atoms. The van der Waals surface area contributed by atoms with Crippen LogP contribution in [-0.4, -0.2) is 31.5 Å². The molecule has 76 valence electrons. The van der Waals surface area contributed by atoms with Crippen molar-refractivity contribution in [2.45, 2.75) is 13.3 Å². The smallest absolute Gasteiger partial charge is 0.261 e. The van der Waals surface area contributed by atoms with E-state index in [2.05, 4.69) is 10.4 Å². The minimum atomic E-state index is -0.391. The number of aliphatic hydroxyl groups excluding tert-OH is 2. The van der Waals surface area contributed by atoms with E-state index in [1.54, 1.807) is 0 Å². The fourth-order valence-corrected chi connectivity index (χ4v) is 1.34. The molecule has 0 amide bonds. The van der Waals surface area contributed by atoms with Gasteiger partial charge in [0.05, 0.1) is 12.1 Å². The molecule has 1 aliphatic rings. The molecule has 3 N–H and O–H groups in total. The number of fused-ring (bicyclic) bond motifs is 1. The quantitative estimate of drug-likeness (QED) is 0.524. The molecule has 1 aliphatic heterocycles. The van der Waals surface area contributed by atoms with E-state index >= 15 is 0 Å². The Hall–Kier alpha value is -1.44. The van der Waals surface area contributed by atoms with Crippen molar-refractivity contribution >= 4 is 5.82 Å². The van der Waals surface area contributed by atoms with Crippen molar-refractivity contribution in [1.29, 1.82) is 0 Å². The number of hydrogen-bond donors (Lipinski definition) is 3. The number of hydrogen-bond acceptors (Lipinski definition) is 6. The van der Waals surface area contributed by atoms with Gasteiger partial charge in [0.2, 0.25) is 0 Å². The molecule has 1 aromatic rings. The van der Waals surface area contributed by atoms with Crippen LogP contribution in [0.15, 0.2) is 11.1 Å². The van der Waals surface area contributed by atoms with Crippen LogP contribution in [0, 0.1) is 0 Å². The van der Waals surface area contributed by atoms with Gasteiger partial charge in [0, 0.05) is 0 Å². The Balaban J connectivity index is 2.43. The zero-order chi connectivity index (χ0) is 10.1. The normalized spacial score (nSPS) is 15.3. The summed E-state index contributed by atoms with van der Waals surface area (Å²) in [6.45, 7) is -0.300. The third-order valence-corrected chi connectivity index (χ3v) is 2.07. The van der Waals surface area contributed by atoms with Crippen LogP contribution in [0.2, 0.25) is 0 Å². The lowest BCUT2D eigenvalue weighted by molar-refractivity contribution is 0.132. The van der Waals surface area contributed by atoms with Crippen LogP contribution in [-0.2, 0) is 13.3 Å². The molecule has 0 fully saturated rings. The average Bonchev–Trinajstić information content (AvgIpc) is 2.62. The third kappa shape index (κ3) is 1.27. The minimum Gasteiger partial charge on any atom is -0.379 e. The van der Waals surface area contributed by atoms with Gasteiger partial charge in [-0.05, 0) is 0 Å². The number of aromatic nitrogens is 2. The van der Waals surface area contributed by atoms with Crippen molar-refractivity contribution < 1.29 is 10.2 Å². The number of hydrazine groups is 1. The van der Waals surface area contributed by atoms with Crippen LogP contribution in [0.25, 0.3) is 0 Å². The van der Waals surface area contributed by atoms with Crippen LogP contribution < -0.4 is 11.0 Å². The number of aliphatic hydroxyl groups is 2. The van der Waals surface area contributed by atoms with Gasteiger partial charge in [0.25, 0.3) is 5.56 Å². The largest absolute Gasteiger partial charge is 0.379 e. The summed E-state index contributed by atoms with van der Waals surface area (Å²) < 4.78 is 1.10. The Morgan fingerprint density at radius 3 is 2.93 bits per heavy atom. The van der Waals surface area contributed by atoms with Gasteiger partial charge in [-0.3, -0.25) is 9.36 Å². The fraction of sp³-hybridized carbons (Fsp3) is 0.429. The van der Waals surface area contributed by atoms with Crippen LogP contribution in [0.4, 0.5) is 5.82 Å². The molecule has 0 unspecified atom stereocenters. The number of anilines is 1. The SMILES string of the molecule is O=c1c2c(ncn1CO)NN(CO)C2.